The second-order valence-corrected chi connectivity index (χ2v) is 6.10. The van der Waals surface area contributed by atoms with Gasteiger partial charge in [-0.1, -0.05) is 6.07 Å². The van der Waals surface area contributed by atoms with Crippen molar-refractivity contribution >= 4 is 21.8 Å². The Morgan fingerprint density at radius 1 is 1.00 bits per heavy atom. The fourth-order valence-electron chi connectivity index (χ4n) is 2.01. The SMILES string of the molecule is Cc1nc(C)nc(Nc2ccc(C)c(C)c2S(=O)(=O)O)n1. The van der Waals surface area contributed by atoms with E-state index in [0.717, 1.165) is 5.56 Å². The van der Waals surface area contributed by atoms with Crippen molar-refractivity contribution in [1.29, 1.82) is 0 Å². The minimum atomic E-state index is -4.36. The van der Waals surface area contributed by atoms with Crippen LogP contribution >= 0.6 is 0 Å². The van der Waals surface area contributed by atoms with Crippen LogP contribution < -0.4 is 5.32 Å². The number of aryl methyl sites for hydroxylation is 3. The highest BCUT2D eigenvalue weighted by Crippen LogP contribution is 2.29. The Kier molecular flexibility index (Phi) is 3.93. The van der Waals surface area contributed by atoms with Crippen molar-refractivity contribution in [1.82, 2.24) is 15.0 Å². The van der Waals surface area contributed by atoms with Gasteiger partial charge in [-0.3, -0.25) is 4.55 Å². The van der Waals surface area contributed by atoms with E-state index in [4.69, 9.17) is 0 Å². The number of nitrogens with one attached hydrogen (secondary N) is 1. The summed E-state index contributed by atoms with van der Waals surface area (Å²) in [5, 5.41) is 2.83. The predicted molar refractivity (Wildman–Crippen MR) is 78.3 cm³/mol. The van der Waals surface area contributed by atoms with Crippen molar-refractivity contribution in [2.24, 2.45) is 0 Å². The maximum atomic E-state index is 11.6. The molecular formula is C13H16N4O3S. The molecular weight excluding hydrogens is 292 g/mol. The summed E-state index contributed by atoms with van der Waals surface area (Å²) in [6, 6.07) is 3.33. The van der Waals surface area contributed by atoms with E-state index in [1.54, 1.807) is 39.8 Å². The molecule has 21 heavy (non-hydrogen) atoms. The normalized spacial score (nSPS) is 11.5. The molecule has 112 valence electrons. The Hall–Kier alpha value is -2.06. The first-order valence-electron chi connectivity index (χ1n) is 6.22. The molecule has 0 atom stereocenters. The lowest BCUT2D eigenvalue weighted by atomic mass is 10.1. The van der Waals surface area contributed by atoms with Gasteiger partial charge in [0, 0.05) is 0 Å². The molecule has 7 nitrogen and oxygen atoms in total. The Morgan fingerprint density at radius 2 is 1.57 bits per heavy atom. The molecule has 2 aromatic rings. The van der Waals surface area contributed by atoms with Gasteiger partial charge in [-0.2, -0.15) is 18.4 Å². The molecule has 0 amide bonds. The van der Waals surface area contributed by atoms with Crippen LogP contribution in [0.1, 0.15) is 22.8 Å². The molecule has 1 aromatic heterocycles. The van der Waals surface area contributed by atoms with E-state index in [-0.39, 0.29) is 16.5 Å². The maximum Gasteiger partial charge on any atom is 0.296 e. The van der Waals surface area contributed by atoms with Crippen LogP contribution in [0.3, 0.4) is 0 Å². The molecule has 0 saturated carbocycles. The van der Waals surface area contributed by atoms with Gasteiger partial charge in [-0.15, -0.1) is 0 Å². The lowest BCUT2D eigenvalue weighted by Gasteiger charge is -2.13. The van der Waals surface area contributed by atoms with Gasteiger partial charge < -0.3 is 5.32 Å². The number of anilines is 2. The van der Waals surface area contributed by atoms with Crippen molar-refractivity contribution in [3.63, 3.8) is 0 Å². The molecule has 0 aliphatic rings. The monoisotopic (exact) mass is 308 g/mol. The molecule has 0 fully saturated rings. The number of rotatable bonds is 3. The average molecular weight is 308 g/mol. The van der Waals surface area contributed by atoms with E-state index in [0.29, 0.717) is 17.2 Å². The summed E-state index contributed by atoms with van der Waals surface area (Å²) in [5.74, 6) is 1.26. The van der Waals surface area contributed by atoms with Crippen molar-refractivity contribution in [2.75, 3.05) is 5.32 Å². The molecule has 0 aliphatic carbocycles. The summed E-state index contributed by atoms with van der Waals surface area (Å²) in [6.45, 7) is 6.83. The smallest absolute Gasteiger partial charge is 0.296 e. The van der Waals surface area contributed by atoms with Gasteiger partial charge in [0.05, 0.1) is 5.69 Å². The number of hydrogen-bond acceptors (Lipinski definition) is 6. The van der Waals surface area contributed by atoms with Crippen LogP contribution in [0.25, 0.3) is 0 Å². The molecule has 0 bridgehead atoms. The molecule has 0 unspecified atom stereocenters. The molecule has 0 saturated heterocycles. The van der Waals surface area contributed by atoms with Gasteiger partial charge >= 0.3 is 0 Å². The summed E-state index contributed by atoms with van der Waals surface area (Å²) >= 11 is 0. The fraction of sp³-hybridized carbons (Fsp3) is 0.308. The van der Waals surface area contributed by atoms with Crippen molar-refractivity contribution in [3.05, 3.63) is 34.9 Å². The van der Waals surface area contributed by atoms with E-state index < -0.39 is 10.1 Å². The highest BCUT2D eigenvalue weighted by molar-refractivity contribution is 7.86. The Bertz CT molecular complexity index is 783. The first-order chi connectivity index (χ1) is 9.68. The quantitative estimate of drug-likeness (QED) is 0.836. The largest absolute Gasteiger partial charge is 0.323 e. The highest BCUT2D eigenvalue weighted by atomic mass is 32.2. The third kappa shape index (κ3) is 3.34. The summed E-state index contributed by atoms with van der Waals surface area (Å²) in [7, 11) is -4.36. The minimum Gasteiger partial charge on any atom is -0.323 e. The Balaban J connectivity index is 2.57. The molecule has 0 radical (unpaired) electrons. The molecule has 1 heterocycles. The molecule has 8 heteroatoms. The summed E-state index contributed by atoms with van der Waals surface area (Å²) in [5.41, 5.74) is 1.46. The maximum absolute atomic E-state index is 11.6. The zero-order valence-electron chi connectivity index (χ0n) is 12.2. The molecule has 1 aromatic carbocycles. The van der Waals surface area contributed by atoms with Gasteiger partial charge in [0.25, 0.3) is 10.1 Å². The van der Waals surface area contributed by atoms with Gasteiger partial charge in [-0.25, -0.2) is 4.98 Å². The van der Waals surface area contributed by atoms with Crippen molar-refractivity contribution in [2.45, 2.75) is 32.6 Å². The Morgan fingerprint density at radius 3 is 2.10 bits per heavy atom. The van der Waals surface area contributed by atoms with Crippen LogP contribution in [-0.4, -0.2) is 27.9 Å². The van der Waals surface area contributed by atoms with Crippen LogP contribution in [0, 0.1) is 27.7 Å². The van der Waals surface area contributed by atoms with E-state index in [2.05, 4.69) is 20.3 Å². The van der Waals surface area contributed by atoms with E-state index in [9.17, 15) is 13.0 Å². The number of hydrogen-bond donors (Lipinski definition) is 2. The lowest BCUT2D eigenvalue weighted by molar-refractivity contribution is 0.483. The van der Waals surface area contributed by atoms with E-state index >= 15 is 0 Å². The first-order valence-corrected chi connectivity index (χ1v) is 7.66. The van der Waals surface area contributed by atoms with E-state index in [1.807, 2.05) is 0 Å². The van der Waals surface area contributed by atoms with Gasteiger partial charge in [0.15, 0.2) is 0 Å². The zero-order valence-corrected chi connectivity index (χ0v) is 13.0. The second-order valence-electron chi connectivity index (χ2n) is 4.74. The minimum absolute atomic E-state index is 0.168. The third-order valence-electron chi connectivity index (χ3n) is 3.04. The standard InChI is InChI=1S/C13H16N4O3S/c1-7-5-6-11(12(8(7)2)21(18,19)20)17-13-15-9(3)14-10(4)16-13/h5-6H,1-4H3,(H,18,19,20)(H,14,15,16,17). The van der Waals surface area contributed by atoms with Crippen LogP contribution in [0.15, 0.2) is 17.0 Å². The van der Waals surface area contributed by atoms with Gasteiger partial charge in [0.1, 0.15) is 16.5 Å². The van der Waals surface area contributed by atoms with Crippen molar-refractivity contribution in [3.8, 4) is 0 Å². The van der Waals surface area contributed by atoms with Crippen molar-refractivity contribution < 1.29 is 13.0 Å². The topological polar surface area (TPSA) is 105 Å². The highest BCUT2D eigenvalue weighted by Gasteiger charge is 2.20. The van der Waals surface area contributed by atoms with Crippen LogP contribution in [0.5, 0.6) is 0 Å². The van der Waals surface area contributed by atoms with Gasteiger partial charge in [-0.05, 0) is 44.9 Å². The van der Waals surface area contributed by atoms with E-state index in [1.165, 1.54) is 0 Å². The molecule has 2 N–H and O–H groups in total. The van der Waals surface area contributed by atoms with Crippen LogP contribution in [0.4, 0.5) is 11.6 Å². The molecule has 0 spiro atoms. The zero-order chi connectivity index (χ0) is 15.8. The summed E-state index contributed by atoms with van der Waals surface area (Å²) in [4.78, 5) is 12.1. The predicted octanol–water partition coefficient (Wildman–Crippen LogP) is 2.10. The number of aromatic nitrogens is 3. The average Bonchev–Trinajstić information content (AvgIpc) is 2.31. The van der Waals surface area contributed by atoms with Crippen LogP contribution in [0.2, 0.25) is 0 Å². The number of benzene rings is 1. The number of nitrogens with zero attached hydrogens (tertiary/aromatic N) is 3. The third-order valence-corrected chi connectivity index (χ3v) is 4.08. The lowest BCUT2D eigenvalue weighted by Crippen LogP contribution is -2.09. The van der Waals surface area contributed by atoms with Crippen LogP contribution in [-0.2, 0) is 10.1 Å². The molecule has 2 rings (SSSR count). The summed E-state index contributed by atoms with van der Waals surface area (Å²) in [6.07, 6.45) is 0. The first kappa shape index (κ1) is 15.3. The molecule has 0 aliphatic heterocycles. The second kappa shape index (κ2) is 5.38. The Labute approximate surface area is 123 Å². The van der Waals surface area contributed by atoms with Gasteiger partial charge in [0.2, 0.25) is 5.95 Å². The fourth-order valence-corrected chi connectivity index (χ4v) is 2.96. The summed E-state index contributed by atoms with van der Waals surface area (Å²) < 4.78 is 32.7.